The molecule has 2 aliphatic rings. The van der Waals surface area contributed by atoms with E-state index in [0.717, 1.165) is 18.6 Å². The van der Waals surface area contributed by atoms with Crippen LogP contribution in [-0.2, 0) is 4.79 Å². The Morgan fingerprint density at radius 2 is 2.29 bits per heavy atom. The lowest BCUT2D eigenvalue weighted by Crippen LogP contribution is -2.36. The van der Waals surface area contributed by atoms with E-state index < -0.39 is 0 Å². The van der Waals surface area contributed by atoms with Crippen LogP contribution in [0.2, 0.25) is 10.0 Å². The predicted molar refractivity (Wildman–Crippen MR) is 82.9 cm³/mol. The minimum absolute atomic E-state index is 0.134. The molecule has 1 aromatic rings. The van der Waals surface area contributed by atoms with E-state index in [1.165, 1.54) is 0 Å². The van der Waals surface area contributed by atoms with Gasteiger partial charge < -0.3 is 4.74 Å². The number of allylic oxidation sites excluding steroid dienone is 2. The van der Waals surface area contributed by atoms with Gasteiger partial charge in [-0.25, -0.2) is 5.43 Å². The highest BCUT2D eigenvalue weighted by atomic mass is 35.5. The predicted octanol–water partition coefficient (Wildman–Crippen LogP) is 3.44. The average molecular weight is 325 g/mol. The molecule has 1 N–H and O–H groups in total. The number of fused-ring (bicyclic) bond motifs is 1. The Labute approximate surface area is 132 Å². The Morgan fingerprint density at radius 3 is 3.05 bits per heavy atom. The van der Waals surface area contributed by atoms with E-state index >= 15 is 0 Å². The molecule has 2 atom stereocenters. The largest absolute Gasteiger partial charge is 0.482 e. The summed E-state index contributed by atoms with van der Waals surface area (Å²) in [6, 6.07) is 4.85. The van der Waals surface area contributed by atoms with Crippen molar-refractivity contribution >= 4 is 34.8 Å². The first-order valence-electron chi connectivity index (χ1n) is 6.73. The minimum atomic E-state index is -0.303. The highest BCUT2D eigenvalue weighted by Gasteiger charge is 2.37. The summed E-state index contributed by atoms with van der Waals surface area (Å²) in [7, 11) is 0. The summed E-state index contributed by atoms with van der Waals surface area (Å²) in [4.78, 5) is 11.7. The van der Waals surface area contributed by atoms with E-state index in [9.17, 15) is 4.79 Å². The first kappa shape index (κ1) is 14.4. The molecular formula is C15H14Cl2N2O2. The number of hydrazone groups is 1. The molecule has 4 nitrogen and oxygen atoms in total. The number of ether oxygens (including phenoxy) is 1. The van der Waals surface area contributed by atoms with Crippen LogP contribution in [0.25, 0.3) is 0 Å². The molecular weight excluding hydrogens is 311 g/mol. The van der Waals surface area contributed by atoms with Gasteiger partial charge >= 0.3 is 0 Å². The van der Waals surface area contributed by atoms with Crippen molar-refractivity contribution in [1.29, 1.82) is 0 Å². The highest BCUT2D eigenvalue weighted by Crippen LogP contribution is 2.40. The standard InChI is InChI=1S/C15H14Cl2N2O2/c16-10-4-5-14(12(17)7-10)21-8-15(20)19-18-13-6-9-2-1-3-11(9)13/h1-2,4-5,7,9,11H,3,6,8H2,(H,19,20). The molecule has 110 valence electrons. The molecule has 0 bridgehead atoms. The molecule has 0 saturated heterocycles. The molecule has 1 amide bonds. The van der Waals surface area contributed by atoms with E-state index in [1.54, 1.807) is 18.2 Å². The van der Waals surface area contributed by atoms with E-state index in [1.807, 2.05) is 0 Å². The van der Waals surface area contributed by atoms with E-state index in [4.69, 9.17) is 27.9 Å². The summed E-state index contributed by atoms with van der Waals surface area (Å²) in [5, 5.41) is 5.06. The second-order valence-corrected chi connectivity index (χ2v) is 5.98. The second-order valence-electron chi connectivity index (χ2n) is 5.14. The summed E-state index contributed by atoms with van der Waals surface area (Å²) in [6.45, 7) is -0.134. The number of carbonyl (C=O) groups is 1. The first-order chi connectivity index (χ1) is 10.1. The minimum Gasteiger partial charge on any atom is -0.482 e. The van der Waals surface area contributed by atoms with Gasteiger partial charge in [0.15, 0.2) is 6.61 Å². The number of hydrogen-bond donors (Lipinski definition) is 1. The topological polar surface area (TPSA) is 50.7 Å². The molecule has 3 rings (SSSR count). The molecule has 2 unspecified atom stereocenters. The molecule has 1 saturated carbocycles. The van der Waals surface area contributed by atoms with Crippen molar-refractivity contribution in [2.24, 2.45) is 16.9 Å². The molecule has 21 heavy (non-hydrogen) atoms. The Hall–Kier alpha value is -1.52. The van der Waals surface area contributed by atoms with Gasteiger partial charge in [-0.05, 0) is 37.0 Å². The quantitative estimate of drug-likeness (QED) is 0.681. The Balaban J connectivity index is 1.47. The highest BCUT2D eigenvalue weighted by molar-refractivity contribution is 6.35. The van der Waals surface area contributed by atoms with Gasteiger partial charge in [0.2, 0.25) is 0 Å². The van der Waals surface area contributed by atoms with Crippen molar-refractivity contribution in [3.63, 3.8) is 0 Å². The molecule has 0 aromatic heterocycles. The summed E-state index contributed by atoms with van der Waals surface area (Å²) in [5.41, 5.74) is 3.58. The molecule has 0 heterocycles. The Bertz CT molecular complexity index is 628. The summed E-state index contributed by atoms with van der Waals surface area (Å²) >= 11 is 11.7. The maximum absolute atomic E-state index is 11.7. The average Bonchev–Trinajstić information content (AvgIpc) is 2.79. The monoisotopic (exact) mass is 324 g/mol. The Morgan fingerprint density at radius 1 is 1.43 bits per heavy atom. The molecule has 6 heteroatoms. The number of hydrogen-bond acceptors (Lipinski definition) is 3. The van der Waals surface area contributed by atoms with Crippen molar-refractivity contribution in [3.8, 4) is 5.75 Å². The lowest BCUT2D eigenvalue weighted by molar-refractivity contribution is -0.123. The van der Waals surface area contributed by atoms with Gasteiger partial charge in [0.1, 0.15) is 5.75 Å². The first-order valence-corrected chi connectivity index (χ1v) is 7.49. The van der Waals surface area contributed by atoms with Crippen molar-refractivity contribution in [2.45, 2.75) is 12.8 Å². The SMILES string of the molecule is O=C(COc1ccc(Cl)cc1Cl)NN=C1CC2C=CCC12. The molecule has 1 fully saturated rings. The maximum atomic E-state index is 11.7. The lowest BCUT2D eigenvalue weighted by atomic mass is 9.74. The fraction of sp³-hybridized carbons (Fsp3) is 0.333. The number of rotatable bonds is 4. The van der Waals surface area contributed by atoms with Crippen molar-refractivity contribution in [1.82, 2.24) is 5.43 Å². The van der Waals surface area contributed by atoms with Crippen LogP contribution >= 0.6 is 23.2 Å². The summed E-state index contributed by atoms with van der Waals surface area (Å²) in [5.74, 6) is 1.22. The van der Waals surface area contributed by atoms with Gasteiger partial charge in [0, 0.05) is 16.7 Å². The zero-order valence-corrected chi connectivity index (χ0v) is 12.7. The molecule has 2 aliphatic carbocycles. The van der Waals surface area contributed by atoms with Crippen molar-refractivity contribution < 1.29 is 9.53 Å². The van der Waals surface area contributed by atoms with E-state index in [0.29, 0.717) is 27.6 Å². The second kappa shape index (κ2) is 6.08. The summed E-state index contributed by atoms with van der Waals surface area (Å²) < 4.78 is 5.34. The van der Waals surface area contributed by atoms with Gasteiger partial charge in [0.05, 0.1) is 5.02 Å². The number of halogens is 2. The van der Waals surface area contributed by atoms with Gasteiger partial charge in [-0.15, -0.1) is 0 Å². The van der Waals surface area contributed by atoms with Crippen LogP contribution < -0.4 is 10.2 Å². The van der Waals surface area contributed by atoms with Crippen LogP contribution in [0.3, 0.4) is 0 Å². The third-order valence-corrected chi connectivity index (χ3v) is 4.27. The third kappa shape index (κ3) is 3.22. The molecule has 0 aliphatic heterocycles. The van der Waals surface area contributed by atoms with Crippen LogP contribution in [0.4, 0.5) is 0 Å². The van der Waals surface area contributed by atoms with Crippen molar-refractivity contribution in [3.05, 3.63) is 40.4 Å². The fourth-order valence-corrected chi connectivity index (χ4v) is 3.03. The smallest absolute Gasteiger partial charge is 0.277 e. The number of benzene rings is 1. The number of amides is 1. The van der Waals surface area contributed by atoms with E-state index in [-0.39, 0.29) is 12.5 Å². The molecule has 0 radical (unpaired) electrons. The number of nitrogens with one attached hydrogen (secondary N) is 1. The van der Waals surface area contributed by atoms with Gasteiger partial charge in [-0.1, -0.05) is 35.4 Å². The number of carbonyl (C=O) groups excluding carboxylic acids is 1. The normalized spacial score (nSPS) is 24.6. The van der Waals surface area contributed by atoms with Crippen LogP contribution in [-0.4, -0.2) is 18.2 Å². The van der Waals surface area contributed by atoms with Gasteiger partial charge in [-0.2, -0.15) is 5.10 Å². The number of nitrogens with zero attached hydrogens (tertiary/aromatic N) is 1. The van der Waals surface area contributed by atoms with Crippen molar-refractivity contribution in [2.75, 3.05) is 6.61 Å². The fourth-order valence-electron chi connectivity index (χ4n) is 2.57. The van der Waals surface area contributed by atoms with Crippen LogP contribution in [0.5, 0.6) is 5.75 Å². The van der Waals surface area contributed by atoms with Crippen LogP contribution in [0, 0.1) is 11.8 Å². The maximum Gasteiger partial charge on any atom is 0.277 e. The molecule has 1 aromatic carbocycles. The van der Waals surface area contributed by atoms with Crippen LogP contribution in [0.1, 0.15) is 12.8 Å². The zero-order valence-electron chi connectivity index (χ0n) is 11.2. The zero-order chi connectivity index (χ0) is 14.8. The van der Waals surface area contributed by atoms with E-state index in [2.05, 4.69) is 22.7 Å². The van der Waals surface area contributed by atoms with Crippen LogP contribution in [0.15, 0.2) is 35.5 Å². The lowest BCUT2D eigenvalue weighted by Gasteiger charge is -2.31. The third-order valence-electron chi connectivity index (χ3n) is 3.74. The molecule has 0 spiro atoms. The summed E-state index contributed by atoms with van der Waals surface area (Å²) in [6.07, 6.45) is 6.35. The van der Waals surface area contributed by atoms with Gasteiger partial charge in [0.25, 0.3) is 5.91 Å². The Kier molecular flexibility index (Phi) is 4.17. The van der Waals surface area contributed by atoms with Gasteiger partial charge in [-0.3, -0.25) is 4.79 Å².